The first-order chi connectivity index (χ1) is 10.4. The quantitative estimate of drug-likeness (QED) is 0.797. The Morgan fingerprint density at radius 1 is 1.27 bits per heavy atom. The van der Waals surface area contributed by atoms with E-state index >= 15 is 0 Å². The first kappa shape index (κ1) is 15.2. The number of para-hydroxylation sites is 2. The molecule has 0 spiro atoms. The topological polar surface area (TPSA) is 66.1 Å². The fourth-order valence-corrected chi connectivity index (χ4v) is 5.06. The van der Waals surface area contributed by atoms with Crippen LogP contribution in [0.3, 0.4) is 0 Å². The Hall–Kier alpha value is -1.70. The average Bonchev–Trinajstić information content (AvgIpc) is 3.01. The molecule has 0 unspecified atom stereocenters. The van der Waals surface area contributed by atoms with Gasteiger partial charge in [-0.3, -0.25) is 0 Å². The summed E-state index contributed by atoms with van der Waals surface area (Å²) >= 11 is 1.49. The van der Waals surface area contributed by atoms with E-state index in [-0.39, 0.29) is 6.54 Å². The second-order valence-corrected chi connectivity index (χ2v) is 8.71. The van der Waals surface area contributed by atoms with Crippen molar-refractivity contribution < 1.29 is 8.42 Å². The number of aryl methyl sites for hydroxylation is 2. The van der Waals surface area contributed by atoms with Crippen molar-refractivity contribution in [2.45, 2.75) is 25.3 Å². The number of H-pyrrole nitrogens is 1. The second-order valence-electron chi connectivity index (χ2n) is 5.24. The van der Waals surface area contributed by atoms with Crippen molar-refractivity contribution in [3.8, 4) is 0 Å². The molecule has 0 fully saturated rings. The Morgan fingerprint density at radius 3 is 2.64 bits per heavy atom. The highest BCUT2D eigenvalue weighted by atomic mass is 32.2. The molecular weight excluding hydrogens is 318 g/mol. The molecule has 0 saturated carbocycles. The number of sulfonamides is 1. The lowest BCUT2D eigenvalue weighted by Gasteiger charge is -2.15. The van der Waals surface area contributed by atoms with E-state index in [1.165, 1.54) is 15.6 Å². The molecule has 2 aromatic heterocycles. The Balaban J connectivity index is 1.90. The van der Waals surface area contributed by atoms with Gasteiger partial charge in [0.05, 0.1) is 22.5 Å². The highest BCUT2D eigenvalue weighted by Crippen LogP contribution is 2.27. The van der Waals surface area contributed by atoms with Gasteiger partial charge in [-0.15, -0.1) is 11.3 Å². The molecule has 0 bridgehead atoms. The number of imidazole rings is 1. The molecule has 22 heavy (non-hydrogen) atoms. The predicted octanol–water partition coefficient (Wildman–Crippen LogP) is 3.06. The normalized spacial score (nSPS) is 12.4. The Bertz CT molecular complexity index is 892. The zero-order chi connectivity index (χ0) is 15.9. The number of aromatic amines is 1. The number of hydrogen-bond donors (Lipinski definition) is 1. The maximum atomic E-state index is 12.7. The largest absolute Gasteiger partial charge is 0.341 e. The number of aromatic nitrogens is 2. The zero-order valence-corrected chi connectivity index (χ0v) is 14.3. The molecule has 1 aromatic carbocycles. The molecule has 116 valence electrons. The Kier molecular flexibility index (Phi) is 3.80. The summed E-state index contributed by atoms with van der Waals surface area (Å²) in [4.78, 5) is 9.77. The highest BCUT2D eigenvalue weighted by Gasteiger charge is 2.25. The summed E-state index contributed by atoms with van der Waals surface area (Å²) in [5, 5.41) is 0. The van der Waals surface area contributed by atoms with Crippen LogP contribution in [0.25, 0.3) is 11.0 Å². The summed E-state index contributed by atoms with van der Waals surface area (Å²) in [7, 11) is -1.92. The minimum absolute atomic E-state index is 0.214. The van der Waals surface area contributed by atoms with Crippen molar-refractivity contribution in [3.63, 3.8) is 0 Å². The number of benzene rings is 1. The Labute approximate surface area is 133 Å². The number of hydrogen-bond acceptors (Lipinski definition) is 4. The van der Waals surface area contributed by atoms with E-state index < -0.39 is 10.0 Å². The molecule has 0 radical (unpaired) electrons. The van der Waals surface area contributed by atoms with Gasteiger partial charge in [0.15, 0.2) is 0 Å². The van der Waals surface area contributed by atoms with Crippen LogP contribution in [0.5, 0.6) is 0 Å². The number of thiophene rings is 1. The molecule has 0 amide bonds. The molecule has 0 aliphatic heterocycles. The molecule has 0 saturated heterocycles. The molecule has 0 aliphatic carbocycles. The van der Waals surface area contributed by atoms with Crippen LogP contribution in [-0.2, 0) is 16.6 Å². The third-order valence-electron chi connectivity index (χ3n) is 3.49. The van der Waals surface area contributed by atoms with Gasteiger partial charge in [-0.2, -0.15) is 4.31 Å². The third-order valence-corrected chi connectivity index (χ3v) is 6.52. The fourth-order valence-electron chi connectivity index (χ4n) is 2.41. The van der Waals surface area contributed by atoms with Gasteiger partial charge >= 0.3 is 0 Å². The van der Waals surface area contributed by atoms with Crippen LogP contribution in [0.2, 0.25) is 0 Å². The lowest BCUT2D eigenvalue weighted by molar-refractivity contribution is 0.458. The number of rotatable bonds is 4. The molecule has 5 nitrogen and oxygen atoms in total. The molecule has 3 aromatic rings. The monoisotopic (exact) mass is 335 g/mol. The lowest BCUT2D eigenvalue weighted by Crippen LogP contribution is -2.27. The summed E-state index contributed by atoms with van der Waals surface area (Å²) in [5.74, 6) is 0.636. The van der Waals surface area contributed by atoms with Crippen molar-refractivity contribution in [3.05, 3.63) is 45.9 Å². The first-order valence-corrected chi connectivity index (χ1v) is 9.10. The fraction of sp³-hybridized carbons (Fsp3) is 0.267. The second kappa shape index (κ2) is 5.49. The summed E-state index contributed by atoms with van der Waals surface area (Å²) in [5.41, 5.74) is 1.75. The van der Waals surface area contributed by atoms with Crippen LogP contribution in [0.1, 0.15) is 15.6 Å². The molecule has 0 atom stereocenters. The van der Waals surface area contributed by atoms with Gasteiger partial charge in [0.1, 0.15) is 5.82 Å². The predicted molar refractivity (Wildman–Crippen MR) is 88.5 cm³/mol. The van der Waals surface area contributed by atoms with Crippen LogP contribution >= 0.6 is 11.3 Å². The number of nitrogens with zero attached hydrogens (tertiary/aromatic N) is 2. The van der Waals surface area contributed by atoms with Crippen molar-refractivity contribution in [2.75, 3.05) is 7.05 Å². The number of fused-ring (bicyclic) bond motifs is 1. The summed E-state index contributed by atoms with van der Waals surface area (Å²) < 4.78 is 26.7. The van der Waals surface area contributed by atoms with E-state index in [0.29, 0.717) is 10.7 Å². The molecule has 1 N–H and O–H groups in total. The molecule has 2 heterocycles. The molecule has 0 aliphatic rings. The Morgan fingerprint density at radius 2 is 2.00 bits per heavy atom. The van der Waals surface area contributed by atoms with Crippen molar-refractivity contribution >= 4 is 32.4 Å². The van der Waals surface area contributed by atoms with Crippen molar-refractivity contribution in [1.29, 1.82) is 0 Å². The SMILES string of the molecule is Cc1cc(S(=O)(=O)N(C)Cc2nc3ccccc3[nH]2)c(C)s1. The van der Waals surface area contributed by atoms with Gasteiger partial charge in [0.2, 0.25) is 10.0 Å². The van der Waals surface area contributed by atoms with E-state index in [1.54, 1.807) is 13.1 Å². The smallest absolute Gasteiger partial charge is 0.244 e. The van der Waals surface area contributed by atoms with Gasteiger partial charge in [0.25, 0.3) is 0 Å². The van der Waals surface area contributed by atoms with Crippen molar-refractivity contribution in [1.82, 2.24) is 14.3 Å². The van der Waals surface area contributed by atoms with Crippen LogP contribution < -0.4 is 0 Å². The first-order valence-electron chi connectivity index (χ1n) is 6.85. The van der Waals surface area contributed by atoms with E-state index in [4.69, 9.17) is 0 Å². The van der Waals surface area contributed by atoms with Crippen LogP contribution in [0.4, 0.5) is 0 Å². The van der Waals surface area contributed by atoms with E-state index in [0.717, 1.165) is 20.8 Å². The third kappa shape index (κ3) is 2.67. The maximum absolute atomic E-state index is 12.7. The minimum Gasteiger partial charge on any atom is -0.341 e. The van der Waals surface area contributed by atoms with Gasteiger partial charge in [0, 0.05) is 16.8 Å². The lowest BCUT2D eigenvalue weighted by atomic mass is 10.3. The summed E-state index contributed by atoms with van der Waals surface area (Å²) in [6.45, 7) is 3.96. The van der Waals surface area contributed by atoms with Crippen LogP contribution in [0, 0.1) is 13.8 Å². The van der Waals surface area contributed by atoms with Crippen LogP contribution in [0.15, 0.2) is 35.2 Å². The minimum atomic E-state index is -3.50. The van der Waals surface area contributed by atoms with Gasteiger partial charge in [-0.1, -0.05) is 12.1 Å². The van der Waals surface area contributed by atoms with Gasteiger partial charge in [-0.25, -0.2) is 13.4 Å². The summed E-state index contributed by atoms with van der Waals surface area (Å²) in [6.07, 6.45) is 0. The van der Waals surface area contributed by atoms with Gasteiger partial charge in [-0.05, 0) is 32.0 Å². The van der Waals surface area contributed by atoms with E-state index in [2.05, 4.69) is 9.97 Å². The average molecular weight is 335 g/mol. The molecule has 7 heteroatoms. The number of nitrogens with one attached hydrogen (secondary N) is 1. The molecule has 3 rings (SSSR count). The summed E-state index contributed by atoms with van der Waals surface area (Å²) in [6, 6.07) is 9.38. The van der Waals surface area contributed by atoms with Gasteiger partial charge < -0.3 is 4.98 Å². The van der Waals surface area contributed by atoms with E-state index in [1.807, 2.05) is 38.1 Å². The van der Waals surface area contributed by atoms with E-state index in [9.17, 15) is 8.42 Å². The highest BCUT2D eigenvalue weighted by molar-refractivity contribution is 7.89. The standard InChI is InChI=1S/C15H17N3O2S2/c1-10-8-14(11(2)21-10)22(19,20)18(3)9-15-16-12-6-4-5-7-13(12)17-15/h4-8H,9H2,1-3H3,(H,16,17). The van der Waals surface area contributed by atoms with Crippen molar-refractivity contribution in [2.24, 2.45) is 0 Å². The zero-order valence-electron chi connectivity index (χ0n) is 12.6. The molecular formula is C15H17N3O2S2. The maximum Gasteiger partial charge on any atom is 0.244 e. The van der Waals surface area contributed by atoms with Crippen LogP contribution in [-0.4, -0.2) is 29.7 Å².